The van der Waals surface area contributed by atoms with Gasteiger partial charge in [0.1, 0.15) is 0 Å². The molecule has 0 aliphatic carbocycles. The predicted molar refractivity (Wildman–Crippen MR) is 65.0 cm³/mol. The molecule has 0 fully saturated rings. The van der Waals surface area contributed by atoms with Crippen LogP contribution in [-0.2, 0) is 0 Å². The topological polar surface area (TPSA) is 69.2 Å². The quantitative estimate of drug-likeness (QED) is 0.552. The van der Waals surface area contributed by atoms with E-state index >= 15 is 0 Å². The van der Waals surface area contributed by atoms with E-state index in [4.69, 9.17) is 0 Å². The SMILES string of the molecule is CC(C)(C)[O-].CC(C)(C)[O-].CC(C)(C)[O-].[B+3]. The Morgan fingerprint density at radius 1 is 0.438 bits per heavy atom. The normalized spacial score (nSPS) is 11.2. The van der Waals surface area contributed by atoms with E-state index in [-0.39, 0.29) is 8.41 Å². The van der Waals surface area contributed by atoms with Crippen molar-refractivity contribution in [3.8, 4) is 0 Å². The minimum Gasteiger partial charge on any atom is -0.850 e. The van der Waals surface area contributed by atoms with Gasteiger partial charge in [0.2, 0.25) is 0 Å². The van der Waals surface area contributed by atoms with Gasteiger partial charge in [0, 0.05) is 0 Å². The number of hydrogen-bond donors (Lipinski definition) is 0. The van der Waals surface area contributed by atoms with Crippen molar-refractivity contribution >= 4 is 8.41 Å². The van der Waals surface area contributed by atoms with Crippen LogP contribution in [0.2, 0.25) is 0 Å². The van der Waals surface area contributed by atoms with E-state index in [1.807, 2.05) is 0 Å². The summed E-state index contributed by atoms with van der Waals surface area (Å²) in [5.74, 6) is 0. The zero-order valence-corrected chi connectivity index (χ0v) is 12.3. The zero-order valence-electron chi connectivity index (χ0n) is 12.3. The van der Waals surface area contributed by atoms with Crippen LogP contribution in [-0.4, -0.2) is 25.2 Å². The van der Waals surface area contributed by atoms with Gasteiger partial charge in [-0.1, -0.05) is 62.3 Å². The van der Waals surface area contributed by atoms with E-state index in [0.717, 1.165) is 0 Å². The van der Waals surface area contributed by atoms with Crippen LogP contribution in [0.4, 0.5) is 0 Å². The van der Waals surface area contributed by atoms with Crippen molar-refractivity contribution < 1.29 is 15.3 Å². The molecule has 0 radical (unpaired) electrons. The summed E-state index contributed by atoms with van der Waals surface area (Å²) in [6.45, 7) is 14.7. The Morgan fingerprint density at radius 2 is 0.438 bits per heavy atom. The average molecular weight is 230 g/mol. The Morgan fingerprint density at radius 3 is 0.438 bits per heavy atom. The van der Waals surface area contributed by atoms with Crippen LogP contribution >= 0.6 is 0 Å². The molecule has 0 N–H and O–H groups in total. The molecule has 16 heavy (non-hydrogen) atoms. The van der Waals surface area contributed by atoms with E-state index in [1.165, 1.54) is 0 Å². The van der Waals surface area contributed by atoms with Gasteiger partial charge in [-0.25, -0.2) is 0 Å². The maximum Gasteiger partial charge on any atom is 3.00 e. The first-order valence-corrected chi connectivity index (χ1v) is 5.11. The first-order valence-electron chi connectivity index (χ1n) is 5.11. The molecular weight excluding hydrogens is 203 g/mol. The summed E-state index contributed by atoms with van der Waals surface area (Å²) in [5, 5.41) is 30.3. The molecule has 0 saturated heterocycles. The maximum atomic E-state index is 10.1. The summed E-state index contributed by atoms with van der Waals surface area (Å²) in [5.41, 5.74) is -2.25. The molecule has 0 aliphatic rings. The van der Waals surface area contributed by atoms with Crippen molar-refractivity contribution in [3.63, 3.8) is 0 Å². The van der Waals surface area contributed by atoms with Gasteiger partial charge in [0.05, 0.1) is 0 Å². The minimum absolute atomic E-state index is 0. The van der Waals surface area contributed by atoms with E-state index in [0.29, 0.717) is 0 Å². The molecule has 0 aromatic heterocycles. The molecule has 0 unspecified atom stereocenters. The van der Waals surface area contributed by atoms with Crippen molar-refractivity contribution in [1.82, 2.24) is 0 Å². The van der Waals surface area contributed by atoms with Crippen LogP contribution in [0.5, 0.6) is 0 Å². The monoisotopic (exact) mass is 230 g/mol. The largest absolute Gasteiger partial charge is 3.00 e. The van der Waals surface area contributed by atoms with Gasteiger partial charge >= 0.3 is 8.41 Å². The average Bonchev–Trinajstić information content (AvgIpc) is 1.41. The third kappa shape index (κ3) is 771000. The van der Waals surface area contributed by atoms with Gasteiger partial charge in [0.15, 0.2) is 0 Å². The summed E-state index contributed by atoms with van der Waals surface area (Å²) >= 11 is 0. The second-order valence-corrected chi connectivity index (χ2v) is 6.34. The first-order chi connectivity index (χ1) is 6.00. The Balaban J connectivity index is -0.0000000655. The molecule has 0 bridgehead atoms. The molecule has 0 atom stereocenters. The fraction of sp³-hybridized carbons (Fsp3) is 1.00. The molecule has 3 nitrogen and oxygen atoms in total. The summed E-state index contributed by atoms with van der Waals surface area (Å²) in [4.78, 5) is 0. The van der Waals surface area contributed by atoms with Crippen molar-refractivity contribution in [1.29, 1.82) is 0 Å². The van der Waals surface area contributed by atoms with Gasteiger partial charge in [-0.05, 0) is 0 Å². The van der Waals surface area contributed by atoms with Crippen LogP contribution < -0.4 is 15.3 Å². The first kappa shape index (κ1) is 25.0. The Labute approximate surface area is 103 Å². The van der Waals surface area contributed by atoms with Gasteiger partial charge in [-0.3, -0.25) is 0 Å². The molecule has 0 spiro atoms. The summed E-state index contributed by atoms with van der Waals surface area (Å²) in [7, 11) is 0. The van der Waals surface area contributed by atoms with Crippen molar-refractivity contribution in [2.45, 2.75) is 79.1 Å². The van der Waals surface area contributed by atoms with Crippen LogP contribution in [0.1, 0.15) is 62.3 Å². The molecule has 0 aliphatic heterocycles. The molecule has 4 heteroatoms. The van der Waals surface area contributed by atoms with Crippen molar-refractivity contribution in [2.75, 3.05) is 0 Å². The van der Waals surface area contributed by atoms with Gasteiger partial charge in [-0.15, -0.1) is 16.8 Å². The summed E-state index contributed by atoms with van der Waals surface area (Å²) in [6.07, 6.45) is 0. The smallest absolute Gasteiger partial charge is 0.850 e. The fourth-order valence-electron chi connectivity index (χ4n) is 0. The van der Waals surface area contributed by atoms with Gasteiger partial charge in [0.25, 0.3) is 0 Å². The standard InChI is InChI=1S/3C4H9O.B/c3*1-4(2,3)5;/h3*1-3H3;/q3*-1;+3. The second-order valence-electron chi connectivity index (χ2n) is 6.34. The molecule has 0 amide bonds. The van der Waals surface area contributed by atoms with Crippen LogP contribution in [0.15, 0.2) is 0 Å². The molecule has 0 aromatic rings. The molecular formula is C12H27BO3. The zero-order chi connectivity index (χ0) is 13.5. The minimum atomic E-state index is -0.750. The van der Waals surface area contributed by atoms with Crippen molar-refractivity contribution in [2.24, 2.45) is 0 Å². The van der Waals surface area contributed by atoms with Crippen LogP contribution in [0.3, 0.4) is 0 Å². The molecule has 96 valence electrons. The summed E-state index contributed by atoms with van der Waals surface area (Å²) in [6, 6.07) is 0. The maximum absolute atomic E-state index is 10.1. The van der Waals surface area contributed by atoms with E-state index in [9.17, 15) is 15.3 Å². The van der Waals surface area contributed by atoms with Crippen LogP contribution in [0.25, 0.3) is 0 Å². The Bertz CT molecular complexity index is 91.3. The molecule has 0 heterocycles. The molecule has 0 saturated carbocycles. The molecule has 0 aromatic carbocycles. The van der Waals surface area contributed by atoms with Crippen molar-refractivity contribution in [3.05, 3.63) is 0 Å². The molecule has 0 rings (SSSR count). The Hall–Kier alpha value is -0.0551. The number of rotatable bonds is 0. The van der Waals surface area contributed by atoms with Gasteiger partial charge in [-0.2, -0.15) is 0 Å². The Kier molecular flexibility index (Phi) is 14.1. The third-order valence-corrected chi connectivity index (χ3v) is 0. The van der Waals surface area contributed by atoms with E-state index < -0.39 is 16.8 Å². The van der Waals surface area contributed by atoms with Crippen LogP contribution in [0, 0.1) is 0 Å². The van der Waals surface area contributed by atoms with E-state index in [2.05, 4.69) is 0 Å². The number of hydrogen-bond acceptors (Lipinski definition) is 3. The second kappa shape index (κ2) is 9.02. The fourth-order valence-corrected chi connectivity index (χ4v) is 0. The van der Waals surface area contributed by atoms with Gasteiger partial charge < -0.3 is 15.3 Å². The summed E-state index contributed by atoms with van der Waals surface area (Å²) < 4.78 is 0. The predicted octanol–water partition coefficient (Wildman–Crippen LogP) is 0.0548. The third-order valence-electron chi connectivity index (χ3n) is 0. The van der Waals surface area contributed by atoms with E-state index in [1.54, 1.807) is 62.3 Å².